The van der Waals surface area contributed by atoms with Crippen molar-refractivity contribution in [2.45, 2.75) is 58.5 Å². The largest absolute Gasteiger partial charge is 0.444 e. The standard InChI is InChI=1S/C16H29N3O4/c1-16(2,3)23-15(22)18-9-7-8-17-13(20)12-14(21)19-10-5-4-6-11-19/h4-12H2,1-3H3,(H,17,20)(H,18,22). The molecule has 0 aromatic heterocycles. The lowest BCUT2D eigenvalue weighted by atomic mass is 10.1. The van der Waals surface area contributed by atoms with E-state index >= 15 is 0 Å². The van der Waals surface area contributed by atoms with E-state index in [0.717, 1.165) is 32.4 Å². The van der Waals surface area contributed by atoms with E-state index in [1.54, 1.807) is 25.7 Å². The van der Waals surface area contributed by atoms with Crippen molar-refractivity contribution in [3.05, 3.63) is 0 Å². The highest BCUT2D eigenvalue weighted by molar-refractivity contribution is 5.96. The van der Waals surface area contributed by atoms with E-state index in [2.05, 4.69) is 10.6 Å². The van der Waals surface area contributed by atoms with Gasteiger partial charge >= 0.3 is 6.09 Å². The number of nitrogens with zero attached hydrogens (tertiary/aromatic N) is 1. The number of nitrogens with one attached hydrogen (secondary N) is 2. The third-order valence-corrected chi connectivity index (χ3v) is 3.36. The van der Waals surface area contributed by atoms with Gasteiger partial charge in [-0.2, -0.15) is 0 Å². The number of alkyl carbamates (subject to hydrolysis) is 1. The second-order valence-electron chi connectivity index (χ2n) is 6.75. The van der Waals surface area contributed by atoms with Crippen LogP contribution in [0.5, 0.6) is 0 Å². The van der Waals surface area contributed by atoms with E-state index in [4.69, 9.17) is 4.74 Å². The van der Waals surface area contributed by atoms with Gasteiger partial charge in [-0.25, -0.2) is 4.79 Å². The zero-order chi connectivity index (χ0) is 17.3. The van der Waals surface area contributed by atoms with Crippen LogP contribution in [-0.2, 0) is 14.3 Å². The van der Waals surface area contributed by atoms with E-state index < -0.39 is 11.7 Å². The van der Waals surface area contributed by atoms with Gasteiger partial charge in [-0.1, -0.05) is 0 Å². The summed E-state index contributed by atoms with van der Waals surface area (Å²) >= 11 is 0. The first kappa shape index (κ1) is 19.3. The highest BCUT2D eigenvalue weighted by Crippen LogP contribution is 2.09. The molecule has 7 heteroatoms. The molecule has 0 saturated carbocycles. The summed E-state index contributed by atoms with van der Waals surface area (Å²) < 4.78 is 5.10. The average molecular weight is 327 g/mol. The highest BCUT2D eigenvalue weighted by Gasteiger charge is 2.19. The van der Waals surface area contributed by atoms with Gasteiger partial charge in [0, 0.05) is 26.2 Å². The molecule has 7 nitrogen and oxygen atoms in total. The van der Waals surface area contributed by atoms with Crippen LogP contribution in [0.15, 0.2) is 0 Å². The Balaban J connectivity index is 2.07. The maximum absolute atomic E-state index is 11.9. The molecule has 132 valence electrons. The Morgan fingerprint density at radius 1 is 1.00 bits per heavy atom. The minimum Gasteiger partial charge on any atom is -0.444 e. The summed E-state index contributed by atoms with van der Waals surface area (Å²) in [6.07, 6.45) is 3.21. The van der Waals surface area contributed by atoms with Crippen molar-refractivity contribution in [1.29, 1.82) is 0 Å². The molecule has 3 amide bonds. The Morgan fingerprint density at radius 3 is 2.22 bits per heavy atom. The molecule has 23 heavy (non-hydrogen) atoms. The van der Waals surface area contributed by atoms with Crippen molar-refractivity contribution in [3.8, 4) is 0 Å². The van der Waals surface area contributed by atoms with Gasteiger partial charge in [-0.15, -0.1) is 0 Å². The molecule has 1 aliphatic heterocycles. The molecule has 0 spiro atoms. The van der Waals surface area contributed by atoms with E-state index in [1.165, 1.54) is 0 Å². The predicted octanol–water partition coefficient (Wildman–Crippen LogP) is 1.42. The molecular formula is C16H29N3O4. The van der Waals surface area contributed by atoms with E-state index in [0.29, 0.717) is 19.5 Å². The van der Waals surface area contributed by atoms with Crippen LogP contribution in [0, 0.1) is 0 Å². The quantitative estimate of drug-likeness (QED) is 0.570. The van der Waals surface area contributed by atoms with Crippen molar-refractivity contribution in [3.63, 3.8) is 0 Å². The number of carbonyl (C=O) groups excluding carboxylic acids is 3. The summed E-state index contributed by atoms with van der Waals surface area (Å²) in [4.78, 5) is 36.8. The van der Waals surface area contributed by atoms with E-state index in [-0.39, 0.29) is 18.2 Å². The van der Waals surface area contributed by atoms with Crippen molar-refractivity contribution in [2.24, 2.45) is 0 Å². The van der Waals surface area contributed by atoms with Gasteiger partial charge in [0.2, 0.25) is 11.8 Å². The number of ether oxygens (including phenoxy) is 1. The maximum Gasteiger partial charge on any atom is 0.407 e. The molecule has 0 radical (unpaired) electrons. The zero-order valence-corrected chi connectivity index (χ0v) is 14.4. The van der Waals surface area contributed by atoms with Crippen LogP contribution in [-0.4, -0.2) is 54.6 Å². The fourth-order valence-electron chi connectivity index (χ4n) is 2.28. The molecule has 1 heterocycles. The first-order valence-corrected chi connectivity index (χ1v) is 8.29. The van der Waals surface area contributed by atoms with Gasteiger partial charge < -0.3 is 20.3 Å². The Kier molecular flexibility index (Phi) is 7.85. The Hall–Kier alpha value is -1.79. The lowest BCUT2D eigenvalue weighted by Crippen LogP contribution is -2.39. The molecule has 2 N–H and O–H groups in total. The highest BCUT2D eigenvalue weighted by atomic mass is 16.6. The molecule has 0 aromatic carbocycles. The van der Waals surface area contributed by atoms with Crippen LogP contribution >= 0.6 is 0 Å². The van der Waals surface area contributed by atoms with E-state index in [9.17, 15) is 14.4 Å². The van der Waals surface area contributed by atoms with Gasteiger partial charge in [-0.3, -0.25) is 9.59 Å². The summed E-state index contributed by atoms with van der Waals surface area (Å²) in [5, 5.41) is 5.31. The summed E-state index contributed by atoms with van der Waals surface area (Å²) in [7, 11) is 0. The summed E-state index contributed by atoms with van der Waals surface area (Å²) in [5.41, 5.74) is -0.521. The summed E-state index contributed by atoms with van der Waals surface area (Å²) in [6, 6.07) is 0. The molecule has 1 rings (SSSR count). The zero-order valence-electron chi connectivity index (χ0n) is 14.4. The van der Waals surface area contributed by atoms with Crippen molar-refractivity contribution < 1.29 is 19.1 Å². The molecule has 1 saturated heterocycles. The summed E-state index contributed by atoms with van der Waals surface area (Å²) in [5.74, 6) is -0.369. The monoisotopic (exact) mass is 327 g/mol. The van der Waals surface area contributed by atoms with Crippen molar-refractivity contribution in [1.82, 2.24) is 15.5 Å². The molecule has 1 aliphatic rings. The number of amides is 3. The van der Waals surface area contributed by atoms with E-state index in [1.807, 2.05) is 0 Å². The minimum atomic E-state index is -0.521. The third kappa shape index (κ3) is 9.05. The molecule has 0 atom stereocenters. The Labute approximate surface area is 138 Å². The first-order chi connectivity index (χ1) is 10.8. The average Bonchev–Trinajstić information content (AvgIpc) is 2.46. The van der Waals surface area contributed by atoms with Gasteiger partial charge in [0.15, 0.2) is 0 Å². The fourth-order valence-corrected chi connectivity index (χ4v) is 2.28. The summed E-state index contributed by atoms with van der Waals surface area (Å²) in [6.45, 7) is 7.74. The predicted molar refractivity (Wildman–Crippen MR) is 86.9 cm³/mol. The smallest absolute Gasteiger partial charge is 0.407 e. The normalized spacial score (nSPS) is 15.0. The van der Waals surface area contributed by atoms with Gasteiger partial charge in [0.1, 0.15) is 12.0 Å². The fraction of sp³-hybridized carbons (Fsp3) is 0.812. The van der Waals surface area contributed by atoms with Crippen LogP contribution in [0.1, 0.15) is 52.9 Å². The van der Waals surface area contributed by atoms with Gasteiger partial charge in [0.25, 0.3) is 0 Å². The molecule has 0 unspecified atom stereocenters. The SMILES string of the molecule is CC(C)(C)OC(=O)NCCCNC(=O)CC(=O)N1CCCCC1. The topological polar surface area (TPSA) is 87.7 Å². The number of hydrogen-bond donors (Lipinski definition) is 2. The molecule has 0 aromatic rings. The number of likely N-dealkylation sites (tertiary alicyclic amines) is 1. The molecule has 1 fully saturated rings. The second kappa shape index (κ2) is 9.37. The number of carbonyl (C=O) groups is 3. The number of rotatable bonds is 6. The number of hydrogen-bond acceptors (Lipinski definition) is 4. The molecule has 0 aliphatic carbocycles. The third-order valence-electron chi connectivity index (χ3n) is 3.36. The Bertz CT molecular complexity index is 412. The second-order valence-corrected chi connectivity index (χ2v) is 6.75. The maximum atomic E-state index is 11.9. The number of piperidine rings is 1. The van der Waals surface area contributed by atoms with Crippen LogP contribution in [0.3, 0.4) is 0 Å². The van der Waals surface area contributed by atoms with Crippen LogP contribution in [0.4, 0.5) is 4.79 Å². The molecular weight excluding hydrogens is 298 g/mol. The lowest BCUT2D eigenvalue weighted by Gasteiger charge is -2.26. The Morgan fingerprint density at radius 2 is 1.61 bits per heavy atom. The van der Waals surface area contributed by atoms with Crippen LogP contribution in [0.2, 0.25) is 0 Å². The molecule has 0 bridgehead atoms. The van der Waals surface area contributed by atoms with Gasteiger partial charge in [-0.05, 0) is 46.5 Å². The lowest BCUT2D eigenvalue weighted by molar-refractivity contribution is -0.136. The van der Waals surface area contributed by atoms with Crippen LogP contribution < -0.4 is 10.6 Å². The first-order valence-electron chi connectivity index (χ1n) is 8.29. The van der Waals surface area contributed by atoms with Crippen molar-refractivity contribution in [2.75, 3.05) is 26.2 Å². The van der Waals surface area contributed by atoms with Gasteiger partial charge in [0.05, 0.1) is 0 Å². The minimum absolute atomic E-state index is 0.0977. The van der Waals surface area contributed by atoms with Crippen LogP contribution in [0.25, 0.3) is 0 Å². The van der Waals surface area contributed by atoms with Crippen molar-refractivity contribution >= 4 is 17.9 Å².